The third kappa shape index (κ3) is 4.29. The van der Waals surface area contributed by atoms with Crippen LogP contribution in [0.5, 0.6) is 0 Å². The Morgan fingerprint density at radius 1 is 1.15 bits per heavy atom. The van der Waals surface area contributed by atoms with Crippen molar-refractivity contribution in [2.24, 2.45) is 5.73 Å². The Bertz CT molecular complexity index is 1030. The lowest BCUT2D eigenvalue weighted by atomic mass is 10.1. The second-order valence-corrected chi connectivity index (χ2v) is 7.15. The van der Waals surface area contributed by atoms with Gasteiger partial charge in [0.05, 0.1) is 17.1 Å². The number of nitrogen functional groups attached to an aromatic ring is 1. The van der Waals surface area contributed by atoms with Crippen LogP contribution in [-0.2, 0) is 16.5 Å². The molecule has 3 rings (SSSR count). The molecule has 26 heavy (non-hydrogen) atoms. The van der Waals surface area contributed by atoms with E-state index in [0.717, 1.165) is 5.56 Å². The molecule has 3 aromatic rings. The zero-order valence-corrected chi connectivity index (χ0v) is 14.4. The van der Waals surface area contributed by atoms with E-state index in [0.29, 0.717) is 22.8 Å². The molecular weight excluding hydrogens is 356 g/mol. The Kier molecular flexibility index (Phi) is 4.78. The van der Waals surface area contributed by atoms with E-state index in [1.54, 1.807) is 35.0 Å². The summed E-state index contributed by atoms with van der Waals surface area (Å²) in [5.41, 5.74) is 8.09. The molecule has 9 nitrogen and oxygen atoms in total. The van der Waals surface area contributed by atoms with Gasteiger partial charge in [0.1, 0.15) is 12.2 Å². The first-order valence-electron chi connectivity index (χ1n) is 7.59. The van der Waals surface area contributed by atoms with Crippen LogP contribution < -0.4 is 5.73 Å². The van der Waals surface area contributed by atoms with Gasteiger partial charge in [-0.25, -0.2) is 4.98 Å². The van der Waals surface area contributed by atoms with Crippen molar-refractivity contribution in [2.45, 2.75) is 6.42 Å². The largest absolute Gasteiger partial charge is 0.384 e. The molecular formula is C16H16N6O3S. The van der Waals surface area contributed by atoms with Gasteiger partial charge in [0, 0.05) is 23.7 Å². The SMILES string of the molecule is N=C(N)c1ccc(-c2ccc(-n3cnc(CCS(=O)(=O)O)c3)nn2)cc1. The van der Waals surface area contributed by atoms with Crippen LogP contribution in [0.3, 0.4) is 0 Å². The molecule has 0 aliphatic carbocycles. The molecule has 0 fully saturated rings. The molecule has 0 bridgehead atoms. The fourth-order valence-electron chi connectivity index (χ4n) is 2.29. The highest BCUT2D eigenvalue weighted by Gasteiger charge is 2.09. The van der Waals surface area contributed by atoms with Crippen LogP contribution in [0.2, 0.25) is 0 Å². The Morgan fingerprint density at radius 2 is 1.88 bits per heavy atom. The molecule has 0 unspecified atom stereocenters. The maximum absolute atomic E-state index is 10.8. The summed E-state index contributed by atoms with van der Waals surface area (Å²) >= 11 is 0. The Labute approximate surface area is 149 Å². The van der Waals surface area contributed by atoms with E-state index >= 15 is 0 Å². The fourth-order valence-corrected chi connectivity index (χ4v) is 2.76. The highest BCUT2D eigenvalue weighted by molar-refractivity contribution is 7.85. The maximum atomic E-state index is 10.8. The number of imidazole rings is 1. The van der Waals surface area contributed by atoms with Crippen molar-refractivity contribution in [3.8, 4) is 17.1 Å². The molecule has 134 valence electrons. The second-order valence-electron chi connectivity index (χ2n) is 5.58. The number of amidine groups is 1. The summed E-state index contributed by atoms with van der Waals surface area (Å²) < 4.78 is 32.0. The van der Waals surface area contributed by atoms with E-state index in [1.165, 1.54) is 6.33 Å². The van der Waals surface area contributed by atoms with Gasteiger partial charge in [-0.3, -0.25) is 14.5 Å². The molecule has 0 amide bonds. The Morgan fingerprint density at radius 3 is 2.46 bits per heavy atom. The van der Waals surface area contributed by atoms with Crippen LogP contribution in [0, 0.1) is 5.41 Å². The normalized spacial score (nSPS) is 11.4. The first kappa shape index (κ1) is 17.7. The standard InChI is InChI=1S/C16H16N6O3S/c17-16(18)12-3-1-11(2-4-12)14-5-6-15(21-20-14)22-9-13(19-10-22)7-8-26(23,24)25/h1-6,9-10H,7-8H2,(H3,17,18)(H,23,24,25). The minimum atomic E-state index is -4.02. The third-order valence-corrected chi connectivity index (χ3v) is 4.38. The molecule has 2 heterocycles. The number of aryl methyl sites for hydroxylation is 1. The smallest absolute Gasteiger partial charge is 0.265 e. The summed E-state index contributed by atoms with van der Waals surface area (Å²) in [6.07, 6.45) is 3.25. The Hall–Kier alpha value is -3.11. The maximum Gasteiger partial charge on any atom is 0.265 e. The summed E-state index contributed by atoms with van der Waals surface area (Å²) in [5, 5.41) is 15.7. The summed E-state index contributed by atoms with van der Waals surface area (Å²) in [7, 11) is -4.02. The number of benzene rings is 1. The molecule has 0 saturated carbocycles. The van der Waals surface area contributed by atoms with E-state index in [4.69, 9.17) is 15.7 Å². The number of aromatic nitrogens is 4. The van der Waals surface area contributed by atoms with Gasteiger partial charge in [0.2, 0.25) is 0 Å². The quantitative estimate of drug-likeness (QED) is 0.332. The number of hydrogen-bond acceptors (Lipinski definition) is 6. The highest BCUT2D eigenvalue weighted by atomic mass is 32.2. The van der Waals surface area contributed by atoms with Gasteiger partial charge in [0.25, 0.3) is 10.1 Å². The van der Waals surface area contributed by atoms with Crippen LogP contribution >= 0.6 is 0 Å². The molecule has 0 aliphatic rings. The van der Waals surface area contributed by atoms with Crippen molar-refractivity contribution >= 4 is 16.0 Å². The predicted molar refractivity (Wildman–Crippen MR) is 95.7 cm³/mol. The van der Waals surface area contributed by atoms with Crippen molar-refractivity contribution in [3.63, 3.8) is 0 Å². The first-order valence-corrected chi connectivity index (χ1v) is 9.20. The van der Waals surface area contributed by atoms with Crippen LogP contribution in [0.1, 0.15) is 11.3 Å². The number of rotatable bonds is 6. The summed E-state index contributed by atoms with van der Waals surface area (Å²) in [5.74, 6) is 0.146. The van der Waals surface area contributed by atoms with Gasteiger partial charge in [0.15, 0.2) is 5.82 Å². The van der Waals surface area contributed by atoms with Crippen molar-refractivity contribution in [3.05, 3.63) is 60.2 Å². The van der Waals surface area contributed by atoms with Gasteiger partial charge in [-0.15, -0.1) is 10.2 Å². The van der Waals surface area contributed by atoms with Crippen LogP contribution in [-0.4, -0.2) is 44.3 Å². The van der Waals surface area contributed by atoms with Crippen molar-refractivity contribution in [1.29, 1.82) is 5.41 Å². The second kappa shape index (κ2) is 7.02. The van der Waals surface area contributed by atoms with Gasteiger partial charge >= 0.3 is 0 Å². The van der Waals surface area contributed by atoms with E-state index < -0.39 is 10.1 Å². The van der Waals surface area contributed by atoms with Crippen molar-refractivity contribution in [2.75, 3.05) is 5.75 Å². The van der Waals surface area contributed by atoms with E-state index in [9.17, 15) is 8.42 Å². The van der Waals surface area contributed by atoms with Crippen LogP contribution in [0.4, 0.5) is 0 Å². The van der Waals surface area contributed by atoms with Crippen molar-refractivity contribution in [1.82, 2.24) is 19.7 Å². The van der Waals surface area contributed by atoms with Crippen molar-refractivity contribution < 1.29 is 13.0 Å². The Balaban J connectivity index is 1.75. The summed E-state index contributed by atoms with van der Waals surface area (Å²) in [6.45, 7) is 0. The lowest BCUT2D eigenvalue weighted by Crippen LogP contribution is -2.10. The monoisotopic (exact) mass is 372 g/mol. The molecule has 0 radical (unpaired) electrons. The van der Waals surface area contributed by atoms with Gasteiger partial charge in [-0.1, -0.05) is 24.3 Å². The molecule has 1 aromatic carbocycles. The minimum Gasteiger partial charge on any atom is -0.384 e. The van der Waals surface area contributed by atoms with E-state index in [1.807, 2.05) is 12.1 Å². The highest BCUT2D eigenvalue weighted by Crippen LogP contribution is 2.18. The number of hydrogen-bond donors (Lipinski definition) is 3. The zero-order chi connectivity index (χ0) is 18.7. The molecule has 0 saturated heterocycles. The average Bonchev–Trinajstić information content (AvgIpc) is 3.09. The molecule has 0 spiro atoms. The van der Waals surface area contributed by atoms with Crippen LogP contribution in [0.15, 0.2) is 48.9 Å². The predicted octanol–water partition coefficient (Wildman–Crippen LogP) is 1.04. The molecule has 0 aliphatic heterocycles. The molecule has 4 N–H and O–H groups in total. The summed E-state index contributed by atoms with van der Waals surface area (Å²) in [4.78, 5) is 4.09. The molecule has 2 aromatic heterocycles. The topological polar surface area (TPSA) is 148 Å². The average molecular weight is 372 g/mol. The number of nitrogens with zero attached hydrogens (tertiary/aromatic N) is 4. The number of nitrogens with one attached hydrogen (secondary N) is 1. The van der Waals surface area contributed by atoms with E-state index in [2.05, 4.69) is 15.2 Å². The van der Waals surface area contributed by atoms with Gasteiger partial charge < -0.3 is 5.73 Å². The minimum absolute atomic E-state index is 0.00268. The van der Waals surface area contributed by atoms with Crippen LogP contribution in [0.25, 0.3) is 17.1 Å². The first-order chi connectivity index (χ1) is 12.3. The third-order valence-electron chi connectivity index (χ3n) is 3.66. The van der Waals surface area contributed by atoms with E-state index in [-0.39, 0.29) is 18.0 Å². The molecule has 10 heteroatoms. The molecule has 0 atom stereocenters. The fraction of sp³-hybridized carbons (Fsp3) is 0.125. The lowest BCUT2D eigenvalue weighted by Gasteiger charge is -2.04. The zero-order valence-electron chi connectivity index (χ0n) is 13.6. The lowest BCUT2D eigenvalue weighted by molar-refractivity contribution is 0.482. The van der Waals surface area contributed by atoms with Gasteiger partial charge in [-0.05, 0) is 12.1 Å². The van der Waals surface area contributed by atoms with Gasteiger partial charge in [-0.2, -0.15) is 8.42 Å². The summed E-state index contributed by atoms with van der Waals surface area (Å²) in [6, 6.07) is 10.7. The number of nitrogens with two attached hydrogens (primary N) is 1.